The number of piperidine rings is 1. The number of hydrogen-bond acceptors (Lipinski definition) is 5. The van der Waals surface area contributed by atoms with Crippen molar-refractivity contribution >= 4 is 42.5 Å². The number of pyridine rings is 1. The number of nitrogens with one attached hydrogen (secondary N) is 1. The molecule has 1 atom stereocenters. The molecule has 1 saturated heterocycles. The minimum atomic E-state index is -0.363. The van der Waals surface area contributed by atoms with E-state index in [1.807, 2.05) is 11.9 Å². The van der Waals surface area contributed by atoms with Crippen molar-refractivity contribution in [3.63, 3.8) is 0 Å². The van der Waals surface area contributed by atoms with Crippen LogP contribution in [0.2, 0.25) is 0 Å². The molecule has 4 rings (SSSR count). The van der Waals surface area contributed by atoms with Gasteiger partial charge in [0.05, 0.1) is 17.7 Å². The number of nitrogens with zero attached hydrogens (tertiary/aromatic N) is 3. The largest absolute Gasteiger partial charge is 0.337 e. The molecule has 9 heteroatoms. The molecule has 1 unspecified atom stereocenters. The van der Waals surface area contributed by atoms with E-state index in [1.54, 1.807) is 42.7 Å². The van der Waals surface area contributed by atoms with Crippen LogP contribution < -0.4 is 5.32 Å². The maximum atomic E-state index is 12.9. The van der Waals surface area contributed by atoms with E-state index in [9.17, 15) is 14.4 Å². The van der Waals surface area contributed by atoms with Gasteiger partial charge in [-0.3, -0.25) is 24.3 Å². The van der Waals surface area contributed by atoms with Crippen molar-refractivity contribution < 1.29 is 14.4 Å². The van der Waals surface area contributed by atoms with E-state index in [0.29, 0.717) is 29.8 Å². The van der Waals surface area contributed by atoms with Crippen LogP contribution in [0.3, 0.4) is 0 Å². The third-order valence-electron chi connectivity index (χ3n) is 5.42. The molecule has 0 radical (unpaired) electrons. The number of fused-ring (bicyclic) bond motifs is 1. The summed E-state index contributed by atoms with van der Waals surface area (Å²) in [5, 5.41) is 3.22. The zero-order chi connectivity index (χ0) is 19.7. The molecule has 0 bridgehead atoms. The fourth-order valence-corrected chi connectivity index (χ4v) is 3.82. The van der Waals surface area contributed by atoms with Gasteiger partial charge in [-0.25, -0.2) is 0 Å². The van der Waals surface area contributed by atoms with Crippen molar-refractivity contribution in [1.29, 1.82) is 0 Å². The highest BCUT2D eigenvalue weighted by Gasteiger charge is 2.36. The van der Waals surface area contributed by atoms with Gasteiger partial charge in [-0.05, 0) is 55.8 Å². The lowest BCUT2D eigenvalue weighted by molar-refractivity contribution is 0.0641. The zero-order valence-corrected chi connectivity index (χ0v) is 18.2. The van der Waals surface area contributed by atoms with Crippen LogP contribution in [0, 0.1) is 0 Å². The smallest absolute Gasteiger partial charge is 0.261 e. The average Bonchev–Trinajstić information content (AvgIpc) is 2.98. The first-order chi connectivity index (χ1) is 13.6. The van der Waals surface area contributed by atoms with Gasteiger partial charge in [-0.1, -0.05) is 0 Å². The van der Waals surface area contributed by atoms with Crippen molar-refractivity contribution in [3.05, 3.63) is 65.0 Å². The van der Waals surface area contributed by atoms with Gasteiger partial charge in [-0.2, -0.15) is 0 Å². The van der Waals surface area contributed by atoms with E-state index in [0.717, 1.165) is 18.4 Å². The Balaban J connectivity index is 0.00000160. The standard InChI is InChI=1S/C21H22N4O3.2ClH/c1-22-16-3-2-10-24(13-16)19(26)15-4-5-17-18(11-15)21(28)25(20(17)27)12-14-6-8-23-9-7-14;;/h4-9,11,16,22H,2-3,10,12-13H2,1H3;2*1H. The summed E-state index contributed by atoms with van der Waals surface area (Å²) in [5.74, 6) is -0.794. The number of likely N-dealkylation sites (tertiary alicyclic amines) is 1. The predicted octanol–water partition coefficient (Wildman–Crippen LogP) is 2.55. The molecule has 3 heterocycles. The molecule has 1 N–H and O–H groups in total. The monoisotopic (exact) mass is 450 g/mol. The first kappa shape index (κ1) is 23.8. The molecule has 30 heavy (non-hydrogen) atoms. The van der Waals surface area contributed by atoms with Gasteiger partial charge in [-0.15, -0.1) is 24.8 Å². The molecule has 1 aromatic heterocycles. The molecule has 0 saturated carbocycles. The van der Waals surface area contributed by atoms with Crippen molar-refractivity contribution in [2.45, 2.75) is 25.4 Å². The number of hydrogen-bond donors (Lipinski definition) is 1. The van der Waals surface area contributed by atoms with Crippen molar-refractivity contribution in [2.75, 3.05) is 20.1 Å². The number of halogens is 2. The van der Waals surface area contributed by atoms with E-state index < -0.39 is 0 Å². The third-order valence-corrected chi connectivity index (χ3v) is 5.42. The van der Waals surface area contributed by atoms with E-state index in [2.05, 4.69) is 10.3 Å². The van der Waals surface area contributed by atoms with Gasteiger partial charge in [0, 0.05) is 37.1 Å². The normalized spacial score (nSPS) is 17.8. The summed E-state index contributed by atoms with van der Waals surface area (Å²) in [4.78, 5) is 45.4. The summed E-state index contributed by atoms with van der Waals surface area (Å²) >= 11 is 0. The Hall–Kier alpha value is -2.48. The molecular formula is C21H24Cl2N4O3. The predicted molar refractivity (Wildman–Crippen MR) is 117 cm³/mol. The Kier molecular flexibility index (Phi) is 7.95. The number of imide groups is 1. The topological polar surface area (TPSA) is 82.6 Å². The number of amides is 3. The molecule has 2 aliphatic heterocycles. The molecule has 0 spiro atoms. The van der Waals surface area contributed by atoms with Gasteiger partial charge in [0.15, 0.2) is 0 Å². The quantitative estimate of drug-likeness (QED) is 0.723. The van der Waals surface area contributed by atoms with Gasteiger partial charge in [0.2, 0.25) is 0 Å². The first-order valence-electron chi connectivity index (χ1n) is 9.44. The Morgan fingerprint density at radius 3 is 2.50 bits per heavy atom. The molecule has 0 aliphatic carbocycles. The van der Waals surface area contributed by atoms with Crippen LogP contribution in [-0.2, 0) is 6.54 Å². The second kappa shape index (κ2) is 10.0. The lowest BCUT2D eigenvalue weighted by atomic mass is 10.0. The second-order valence-electron chi connectivity index (χ2n) is 7.19. The third kappa shape index (κ3) is 4.48. The van der Waals surface area contributed by atoms with E-state index in [4.69, 9.17) is 0 Å². The number of aromatic nitrogens is 1. The summed E-state index contributed by atoms with van der Waals surface area (Å²) < 4.78 is 0. The van der Waals surface area contributed by atoms with Gasteiger partial charge < -0.3 is 10.2 Å². The molecule has 2 aliphatic rings. The first-order valence-corrected chi connectivity index (χ1v) is 9.44. The maximum absolute atomic E-state index is 12.9. The van der Waals surface area contributed by atoms with Crippen LogP contribution in [0.25, 0.3) is 0 Å². The lowest BCUT2D eigenvalue weighted by Gasteiger charge is -2.32. The molecule has 1 aromatic carbocycles. The van der Waals surface area contributed by atoms with Crippen LogP contribution in [0.4, 0.5) is 0 Å². The zero-order valence-electron chi connectivity index (χ0n) is 16.5. The van der Waals surface area contributed by atoms with Gasteiger partial charge in [0.1, 0.15) is 0 Å². The lowest BCUT2D eigenvalue weighted by Crippen LogP contribution is -2.47. The van der Waals surface area contributed by atoms with Crippen molar-refractivity contribution in [3.8, 4) is 0 Å². The van der Waals surface area contributed by atoms with Gasteiger partial charge in [0.25, 0.3) is 17.7 Å². The minimum Gasteiger partial charge on any atom is -0.337 e. The molecule has 2 aromatic rings. The molecule has 1 fully saturated rings. The summed E-state index contributed by atoms with van der Waals surface area (Å²) in [6.07, 6.45) is 5.24. The highest BCUT2D eigenvalue weighted by Crippen LogP contribution is 2.26. The van der Waals surface area contributed by atoms with Gasteiger partial charge >= 0.3 is 0 Å². The fraction of sp³-hybridized carbons (Fsp3) is 0.333. The fourth-order valence-electron chi connectivity index (χ4n) is 3.82. The number of likely N-dealkylation sites (N-methyl/N-ethyl adjacent to an activating group) is 1. The average molecular weight is 451 g/mol. The number of benzene rings is 1. The number of rotatable bonds is 4. The molecular weight excluding hydrogens is 427 g/mol. The highest BCUT2D eigenvalue weighted by molar-refractivity contribution is 6.22. The number of carbonyl (C=O) groups is 3. The van der Waals surface area contributed by atoms with Crippen molar-refractivity contribution in [1.82, 2.24) is 20.1 Å². The van der Waals surface area contributed by atoms with Crippen LogP contribution >= 0.6 is 24.8 Å². The van der Waals surface area contributed by atoms with Crippen LogP contribution in [0.15, 0.2) is 42.7 Å². The minimum absolute atomic E-state index is 0. The Morgan fingerprint density at radius 1 is 1.10 bits per heavy atom. The highest BCUT2D eigenvalue weighted by atomic mass is 35.5. The van der Waals surface area contributed by atoms with Crippen LogP contribution in [0.5, 0.6) is 0 Å². The number of carbonyl (C=O) groups excluding carboxylic acids is 3. The Bertz CT molecular complexity index is 939. The van der Waals surface area contributed by atoms with E-state index >= 15 is 0 Å². The summed E-state index contributed by atoms with van der Waals surface area (Å²) in [6, 6.07) is 8.62. The second-order valence-corrected chi connectivity index (χ2v) is 7.19. The van der Waals surface area contributed by atoms with Crippen LogP contribution in [0.1, 0.15) is 49.5 Å². The Labute approximate surface area is 187 Å². The van der Waals surface area contributed by atoms with Crippen molar-refractivity contribution in [2.24, 2.45) is 0 Å². The maximum Gasteiger partial charge on any atom is 0.261 e. The van der Waals surface area contributed by atoms with E-state index in [1.165, 1.54) is 4.90 Å². The van der Waals surface area contributed by atoms with Crippen LogP contribution in [-0.4, -0.2) is 58.7 Å². The Morgan fingerprint density at radius 2 is 1.80 bits per heavy atom. The van der Waals surface area contributed by atoms with E-state index in [-0.39, 0.29) is 55.1 Å². The molecule has 160 valence electrons. The summed E-state index contributed by atoms with van der Waals surface area (Å²) in [5.41, 5.74) is 1.92. The SMILES string of the molecule is CNC1CCCN(C(=O)c2ccc3c(c2)C(=O)N(Cc2ccncc2)C3=O)C1.Cl.Cl. The summed E-state index contributed by atoms with van der Waals surface area (Å²) in [7, 11) is 1.90. The molecule has 7 nitrogen and oxygen atoms in total. The molecule has 3 amide bonds. The summed E-state index contributed by atoms with van der Waals surface area (Å²) in [6.45, 7) is 1.54.